The molecule has 5 nitrogen and oxygen atoms in total. The molecule has 2 N–H and O–H groups in total. The highest BCUT2D eigenvalue weighted by atomic mass is 32.2. The highest BCUT2D eigenvalue weighted by Gasteiger charge is 2.33. The van der Waals surface area contributed by atoms with Crippen molar-refractivity contribution >= 4 is 15.7 Å². The molecule has 0 radical (unpaired) electrons. The zero-order valence-electron chi connectivity index (χ0n) is 12.5. The number of nitrogens with two attached hydrogens (primary N) is 1. The smallest absolute Gasteiger partial charge is 0.243 e. The zero-order valence-corrected chi connectivity index (χ0v) is 13.4. The maximum Gasteiger partial charge on any atom is 0.243 e. The molecule has 1 fully saturated rings. The van der Waals surface area contributed by atoms with E-state index in [1.165, 1.54) is 0 Å². The molecule has 0 aromatic heterocycles. The Morgan fingerprint density at radius 1 is 1.25 bits per heavy atom. The van der Waals surface area contributed by atoms with Crippen molar-refractivity contribution in [2.75, 3.05) is 32.4 Å². The molecule has 112 valence electrons. The van der Waals surface area contributed by atoms with E-state index in [0.717, 1.165) is 24.2 Å². The summed E-state index contributed by atoms with van der Waals surface area (Å²) in [5.41, 5.74) is 8.29. The van der Waals surface area contributed by atoms with Gasteiger partial charge >= 0.3 is 0 Å². The molecule has 0 bridgehead atoms. The second-order valence-electron chi connectivity index (χ2n) is 5.68. The topological polar surface area (TPSA) is 66.6 Å². The van der Waals surface area contributed by atoms with Crippen molar-refractivity contribution in [3.05, 3.63) is 23.3 Å². The Kier molecular flexibility index (Phi) is 4.09. The summed E-state index contributed by atoms with van der Waals surface area (Å²) in [5.74, 6) is 0. The lowest BCUT2D eigenvalue weighted by Crippen LogP contribution is -2.52. The Labute approximate surface area is 121 Å². The van der Waals surface area contributed by atoms with Crippen LogP contribution in [0.1, 0.15) is 18.1 Å². The number of hydrogen-bond acceptors (Lipinski definition) is 4. The highest BCUT2D eigenvalue weighted by Crippen LogP contribution is 2.26. The lowest BCUT2D eigenvalue weighted by Gasteiger charge is -2.37. The van der Waals surface area contributed by atoms with Crippen LogP contribution in [-0.4, -0.2) is 50.3 Å². The first-order chi connectivity index (χ1) is 9.23. The molecule has 1 aliphatic heterocycles. The molecule has 20 heavy (non-hydrogen) atoms. The number of nitrogens with zero attached hydrogens (tertiary/aromatic N) is 2. The molecule has 6 heteroatoms. The standard InChI is InChI=1S/C14H23N3O2S/c1-10-7-13(8-14(15)12(10)3)20(18,19)17-6-5-16(4)9-11(17)2/h7-8,11H,5-6,9,15H2,1-4H3. The Morgan fingerprint density at radius 2 is 1.90 bits per heavy atom. The minimum Gasteiger partial charge on any atom is -0.398 e. The van der Waals surface area contributed by atoms with Gasteiger partial charge in [-0.3, -0.25) is 0 Å². The van der Waals surface area contributed by atoms with Crippen LogP contribution in [0.5, 0.6) is 0 Å². The number of rotatable bonds is 2. The van der Waals surface area contributed by atoms with Gasteiger partial charge in [0.25, 0.3) is 0 Å². The molecule has 1 atom stereocenters. The molecule has 1 aromatic carbocycles. The fourth-order valence-electron chi connectivity index (χ4n) is 2.62. The zero-order chi connectivity index (χ0) is 15.1. The summed E-state index contributed by atoms with van der Waals surface area (Å²) in [6.07, 6.45) is 0. The van der Waals surface area contributed by atoms with E-state index in [1.54, 1.807) is 16.4 Å². The lowest BCUT2D eigenvalue weighted by molar-refractivity contribution is 0.170. The first-order valence-electron chi connectivity index (χ1n) is 6.80. The van der Waals surface area contributed by atoms with Gasteiger partial charge in [0.05, 0.1) is 4.90 Å². The van der Waals surface area contributed by atoms with E-state index in [1.807, 2.05) is 27.8 Å². The number of hydrogen-bond donors (Lipinski definition) is 1. The van der Waals surface area contributed by atoms with Gasteiger partial charge in [0.15, 0.2) is 0 Å². The molecule has 0 aliphatic carbocycles. The Bertz CT molecular complexity index is 590. The van der Waals surface area contributed by atoms with Crippen LogP contribution in [0.15, 0.2) is 17.0 Å². The van der Waals surface area contributed by atoms with Crippen LogP contribution in [0.3, 0.4) is 0 Å². The SMILES string of the molecule is Cc1cc(S(=O)(=O)N2CCN(C)CC2C)cc(N)c1C. The average molecular weight is 297 g/mol. The first kappa shape index (κ1) is 15.3. The summed E-state index contributed by atoms with van der Waals surface area (Å²) in [6.45, 7) is 7.76. The van der Waals surface area contributed by atoms with Crippen LogP contribution in [0.25, 0.3) is 0 Å². The average Bonchev–Trinajstić information content (AvgIpc) is 2.34. The molecule has 0 amide bonds. The summed E-state index contributed by atoms with van der Waals surface area (Å²) in [4.78, 5) is 2.44. The van der Waals surface area contributed by atoms with E-state index >= 15 is 0 Å². The van der Waals surface area contributed by atoms with Crippen LogP contribution in [0, 0.1) is 13.8 Å². The molecule has 2 rings (SSSR count). The van der Waals surface area contributed by atoms with Crippen molar-refractivity contribution in [2.24, 2.45) is 0 Å². The van der Waals surface area contributed by atoms with E-state index in [2.05, 4.69) is 4.90 Å². The van der Waals surface area contributed by atoms with Gasteiger partial charge in [0.2, 0.25) is 10.0 Å². The van der Waals surface area contributed by atoms with Crippen molar-refractivity contribution in [3.8, 4) is 0 Å². The fraction of sp³-hybridized carbons (Fsp3) is 0.571. The Balaban J connectivity index is 2.40. The molecule has 1 unspecified atom stereocenters. The van der Waals surface area contributed by atoms with Gasteiger partial charge in [-0.05, 0) is 51.1 Å². The van der Waals surface area contributed by atoms with Gasteiger partial charge in [-0.25, -0.2) is 8.42 Å². The summed E-state index contributed by atoms with van der Waals surface area (Å²) in [5, 5.41) is 0. The Hall–Kier alpha value is -1.11. The second kappa shape index (κ2) is 5.35. The van der Waals surface area contributed by atoms with Crippen LogP contribution in [0.2, 0.25) is 0 Å². The molecule has 1 heterocycles. The quantitative estimate of drug-likeness (QED) is 0.833. The van der Waals surface area contributed by atoms with Gasteiger partial charge in [0, 0.05) is 31.4 Å². The number of likely N-dealkylation sites (N-methyl/N-ethyl adjacent to an activating group) is 1. The van der Waals surface area contributed by atoms with Crippen LogP contribution in [0.4, 0.5) is 5.69 Å². The van der Waals surface area contributed by atoms with Gasteiger partial charge in [-0.2, -0.15) is 4.31 Å². The predicted octanol–water partition coefficient (Wildman–Crippen LogP) is 1.21. The number of sulfonamides is 1. The third kappa shape index (κ3) is 2.68. The third-order valence-corrected chi connectivity index (χ3v) is 6.05. The minimum absolute atomic E-state index is 0.0263. The van der Waals surface area contributed by atoms with Crippen molar-refractivity contribution in [3.63, 3.8) is 0 Å². The van der Waals surface area contributed by atoms with Crippen molar-refractivity contribution < 1.29 is 8.42 Å². The van der Waals surface area contributed by atoms with Gasteiger partial charge in [0.1, 0.15) is 0 Å². The predicted molar refractivity (Wildman–Crippen MR) is 81.2 cm³/mol. The van der Waals surface area contributed by atoms with E-state index in [9.17, 15) is 8.42 Å². The third-order valence-electron chi connectivity index (χ3n) is 4.06. The second-order valence-corrected chi connectivity index (χ2v) is 7.57. The van der Waals surface area contributed by atoms with Crippen LogP contribution in [-0.2, 0) is 10.0 Å². The van der Waals surface area contributed by atoms with Crippen molar-refractivity contribution in [1.82, 2.24) is 9.21 Å². The highest BCUT2D eigenvalue weighted by molar-refractivity contribution is 7.89. The van der Waals surface area contributed by atoms with E-state index < -0.39 is 10.0 Å². The number of nitrogen functional groups attached to an aromatic ring is 1. The molecular formula is C14H23N3O2S. The monoisotopic (exact) mass is 297 g/mol. The van der Waals surface area contributed by atoms with E-state index in [0.29, 0.717) is 17.1 Å². The lowest BCUT2D eigenvalue weighted by atomic mass is 10.1. The van der Waals surface area contributed by atoms with Gasteiger partial charge < -0.3 is 10.6 Å². The molecular weight excluding hydrogens is 274 g/mol. The number of benzene rings is 1. The summed E-state index contributed by atoms with van der Waals surface area (Å²) < 4.78 is 27.1. The van der Waals surface area contributed by atoms with Crippen molar-refractivity contribution in [1.29, 1.82) is 0 Å². The maximum absolute atomic E-state index is 12.8. The van der Waals surface area contributed by atoms with E-state index in [-0.39, 0.29) is 6.04 Å². The number of aryl methyl sites for hydroxylation is 1. The number of piperazine rings is 1. The minimum atomic E-state index is -3.47. The largest absolute Gasteiger partial charge is 0.398 e. The summed E-state index contributed by atoms with van der Waals surface area (Å²) in [6, 6.07) is 3.26. The molecule has 0 spiro atoms. The summed E-state index contributed by atoms with van der Waals surface area (Å²) in [7, 11) is -1.46. The fourth-order valence-corrected chi connectivity index (χ4v) is 4.35. The Morgan fingerprint density at radius 3 is 2.45 bits per heavy atom. The first-order valence-corrected chi connectivity index (χ1v) is 8.24. The molecule has 1 aromatic rings. The number of anilines is 1. The normalized spacial score (nSPS) is 22.1. The van der Waals surface area contributed by atoms with Crippen LogP contribution >= 0.6 is 0 Å². The van der Waals surface area contributed by atoms with Crippen molar-refractivity contribution in [2.45, 2.75) is 31.7 Å². The van der Waals surface area contributed by atoms with E-state index in [4.69, 9.17) is 5.73 Å². The molecule has 1 saturated heterocycles. The van der Waals surface area contributed by atoms with Crippen LogP contribution < -0.4 is 5.73 Å². The van der Waals surface area contributed by atoms with Gasteiger partial charge in [-0.1, -0.05) is 0 Å². The molecule has 1 aliphatic rings. The summed E-state index contributed by atoms with van der Waals surface area (Å²) >= 11 is 0. The maximum atomic E-state index is 12.8. The molecule has 0 saturated carbocycles. The van der Waals surface area contributed by atoms with Gasteiger partial charge in [-0.15, -0.1) is 0 Å².